The van der Waals surface area contributed by atoms with Crippen LogP contribution in [0.1, 0.15) is 17.4 Å². The number of benzene rings is 1. The number of anilines is 1. The number of halogens is 1. The lowest BCUT2D eigenvalue weighted by Crippen LogP contribution is -2.43. The molecule has 2 aromatic rings. The molecule has 1 aliphatic rings. The number of nitrogens with zero attached hydrogens (tertiary/aromatic N) is 1. The molecule has 1 aromatic heterocycles. The monoisotopic (exact) mass is 364 g/mol. The molecular formula is C16H17BrN2OS. The summed E-state index contributed by atoms with van der Waals surface area (Å²) in [4.78, 5) is 15.6. The lowest BCUT2D eigenvalue weighted by molar-refractivity contribution is 0.245. The molecule has 3 rings (SSSR count). The Morgan fingerprint density at radius 3 is 2.95 bits per heavy atom. The van der Waals surface area contributed by atoms with Crippen LogP contribution in [0.15, 0.2) is 40.2 Å². The minimum Gasteiger partial charge on any atom is -0.337 e. The van der Waals surface area contributed by atoms with Gasteiger partial charge in [-0.05, 0) is 59.5 Å². The topological polar surface area (TPSA) is 32.3 Å². The number of amides is 2. The Morgan fingerprint density at radius 1 is 1.38 bits per heavy atom. The molecule has 0 spiro atoms. The molecule has 21 heavy (non-hydrogen) atoms. The molecule has 0 saturated heterocycles. The van der Waals surface area contributed by atoms with E-state index < -0.39 is 0 Å². The predicted molar refractivity (Wildman–Crippen MR) is 91.2 cm³/mol. The van der Waals surface area contributed by atoms with E-state index >= 15 is 0 Å². The zero-order chi connectivity index (χ0) is 14.8. The zero-order valence-corrected chi connectivity index (χ0v) is 14.2. The minimum absolute atomic E-state index is 0.00284. The summed E-state index contributed by atoms with van der Waals surface area (Å²) in [6, 6.07) is 12.5. The first-order chi connectivity index (χ1) is 10.1. The summed E-state index contributed by atoms with van der Waals surface area (Å²) in [5.74, 6) is 0. The third-order valence-electron chi connectivity index (χ3n) is 3.70. The van der Waals surface area contributed by atoms with Crippen LogP contribution in [0.2, 0.25) is 0 Å². The second-order valence-electron chi connectivity index (χ2n) is 5.24. The maximum absolute atomic E-state index is 12.4. The van der Waals surface area contributed by atoms with Crippen LogP contribution in [-0.4, -0.2) is 18.6 Å². The number of hydrogen-bond donors (Lipinski definition) is 1. The molecule has 0 aliphatic carbocycles. The van der Waals surface area contributed by atoms with Crippen molar-refractivity contribution in [3.63, 3.8) is 0 Å². The molecule has 1 aliphatic heterocycles. The fourth-order valence-electron chi connectivity index (χ4n) is 2.74. The molecule has 0 bridgehead atoms. The first-order valence-corrected chi connectivity index (χ1v) is 8.65. The predicted octanol–water partition coefficient (Wildman–Crippen LogP) is 4.21. The van der Waals surface area contributed by atoms with Crippen LogP contribution in [0.5, 0.6) is 0 Å². The van der Waals surface area contributed by atoms with E-state index in [4.69, 9.17) is 0 Å². The van der Waals surface area contributed by atoms with Gasteiger partial charge in [0.05, 0.1) is 3.79 Å². The molecule has 0 radical (unpaired) electrons. The number of thiophene rings is 1. The van der Waals surface area contributed by atoms with Gasteiger partial charge in [0.2, 0.25) is 0 Å². The zero-order valence-electron chi connectivity index (χ0n) is 11.8. The Bertz CT molecular complexity index is 655. The molecule has 0 saturated carbocycles. The van der Waals surface area contributed by atoms with Crippen molar-refractivity contribution in [1.82, 2.24) is 5.32 Å². The number of fused-ring (bicyclic) bond motifs is 1. The summed E-state index contributed by atoms with van der Waals surface area (Å²) >= 11 is 5.17. The van der Waals surface area contributed by atoms with Gasteiger partial charge in [0.25, 0.3) is 0 Å². The van der Waals surface area contributed by atoms with Crippen molar-refractivity contribution >= 4 is 39.0 Å². The van der Waals surface area contributed by atoms with Crippen molar-refractivity contribution < 1.29 is 4.79 Å². The normalized spacial score (nSPS) is 16.9. The van der Waals surface area contributed by atoms with Crippen LogP contribution in [-0.2, 0) is 12.8 Å². The number of para-hydroxylation sites is 1. The van der Waals surface area contributed by atoms with Crippen molar-refractivity contribution in [3.05, 3.63) is 50.6 Å². The average Bonchev–Trinajstić information content (AvgIpc) is 3.01. The molecule has 1 atom stereocenters. The summed E-state index contributed by atoms with van der Waals surface area (Å²) < 4.78 is 1.13. The van der Waals surface area contributed by atoms with Crippen molar-refractivity contribution in [2.24, 2.45) is 0 Å². The Labute approximate surface area is 137 Å². The Morgan fingerprint density at radius 2 is 2.19 bits per heavy atom. The summed E-state index contributed by atoms with van der Waals surface area (Å²) in [6.07, 6.45) is 1.80. The van der Waals surface area contributed by atoms with E-state index in [-0.39, 0.29) is 12.1 Å². The lowest BCUT2D eigenvalue weighted by Gasteiger charge is -2.23. The summed E-state index contributed by atoms with van der Waals surface area (Å²) in [5, 5.41) is 3.03. The third kappa shape index (κ3) is 3.14. The van der Waals surface area contributed by atoms with E-state index in [0.29, 0.717) is 6.54 Å². The van der Waals surface area contributed by atoms with E-state index in [0.717, 1.165) is 22.3 Å². The second kappa shape index (κ2) is 6.20. The fraction of sp³-hybridized carbons (Fsp3) is 0.312. The number of carbonyl (C=O) groups excluding carboxylic acids is 1. The Kier molecular flexibility index (Phi) is 4.31. The van der Waals surface area contributed by atoms with Gasteiger partial charge >= 0.3 is 6.03 Å². The van der Waals surface area contributed by atoms with Gasteiger partial charge in [-0.3, -0.25) is 4.90 Å². The standard InChI is InChI=1S/C16H17BrN2OS/c1-11-10-12-4-2-3-5-14(12)19(11)16(20)18-9-8-13-6-7-15(17)21-13/h2-7,11H,8-10H2,1H3,(H,18,20). The van der Waals surface area contributed by atoms with Gasteiger partial charge in [-0.25, -0.2) is 4.79 Å². The number of carbonyl (C=O) groups is 1. The largest absolute Gasteiger partial charge is 0.337 e. The molecule has 1 N–H and O–H groups in total. The molecule has 110 valence electrons. The molecule has 2 heterocycles. The van der Waals surface area contributed by atoms with Gasteiger partial charge < -0.3 is 5.32 Å². The van der Waals surface area contributed by atoms with Gasteiger partial charge in [-0.1, -0.05) is 18.2 Å². The average molecular weight is 365 g/mol. The molecule has 5 heteroatoms. The number of nitrogens with one attached hydrogen (secondary N) is 1. The fourth-order valence-corrected chi connectivity index (χ4v) is 4.22. The first kappa shape index (κ1) is 14.6. The van der Waals surface area contributed by atoms with Crippen molar-refractivity contribution in [2.45, 2.75) is 25.8 Å². The van der Waals surface area contributed by atoms with Gasteiger partial charge in [-0.15, -0.1) is 11.3 Å². The first-order valence-electron chi connectivity index (χ1n) is 7.04. The molecule has 0 fully saturated rings. The van der Waals surface area contributed by atoms with Crippen LogP contribution in [0, 0.1) is 0 Å². The maximum atomic E-state index is 12.4. The van der Waals surface area contributed by atoms with Crippen LogP contribution in [0.3, 0.4) is 0 Å². The van der Waals surface area contributed by atoms with Crippen LogP contribution >= 0.6 is 27.3 Å². The van der Waals surface area contributed by atoms with Crippen molar-refractivity contribution in [1.29, 1.82) is 0 Å². The van der Waals surface area contributed by atoms with Gasteiger partial charge in [0.15, 0.2) is 0 Å². The van der Waals surface area contributed by atoms with Gasteiger partial charge in [0, 0.05) is 23.2 Å². The highest BCUT2D eigenvalue weighted by Crippen LogP contribution is 2.31. The molecular weight excluding hydrogens is 348 g/mol. The van der Waals surface area contributed by atoms with E-state index in [1.165, 1.54) is 10.4 Å². The highest BCUT2D eigenvalue weighted by Gasteiger charge is 2.30. The smallest absolute Gasteiger partial charge is 0.322 e. The van der Waals surface area contributed by atoms with E-state index in [1.54, 1.807) is 11.3 Å². The minimum atomic E-state index is 0.00284. The molecule has 1 unspecified atom stereocenters. The Balaban J connectivity index is 1.60. The van der Waals surface area contributed by atoms with Crippen LogP contribution in [0.25, 0.3) is 0 Å². The maximum Gasteiger partial charge on any atom is 0.322 e. The van der Waals surface area contributed by atoms with Gasteiger partial charge in [0.1, 0.15) is 0 Å². The molecule has 3 nitrogen and oxygen atoms in total. The summed E-state index contributed by atoms with van der Waals surface area (Å²) in [7, 11) is 0. The van der Waals surface area contributed by atoms with Crippen molar-refractivity contribution in [3.8, 4) is 0 Å². The molecule has 1 aromatic carbocycles. The highest BCUT2D eigenvalue weighted by molar-refractivity contribution is 9.11. The van der Waals surface area contributed by atoms with Crippen LogP contribution < -0.4 is 10.2 Å². The SMILES string of the molecule is CC1Cc2ccccc2N1C(=O)NCCc1ccc(Br)s1. The highest BCUT2D eigenvalue weighted by atomic mass is 79.9. The van der Waals surface area contributed by atoms with E-state index in [1.807, 2.05) is 29.2 Å². The summed E-state index contributed by atoms with van der Waals surface area (Å²) in [6.45, 7) is 2.76. The Hall–Kier alpha value is -1.33. The van der Waals surface area contributed by atoms with Crippen LogP contribution in [0.4, 0.5) is 10.5 Å². The van der Waals surface area contributed by atoms with E-state index in [9.17, 15) is 4.79 Å². The number of rotatable bonds is 3. The summed E-state index contributed by atoms with van der Waals surface area (Å²) in [5.41, 5.74) is 2.30. The lowest BCUT2D eigenvalue weighted by atomic mass is 10.1. The van der Waals surface area contributed by atoms with Gasteiger partial charge in [-0.2, -0.15) is 0 Å². The molecule has 2 amide bonds. The number of urea groups is 1. The quantitative estimate of drug-likeness (QED) is 0.868. The second-order valence-corrected chi connectivity index (χ2v) is 7.79. The third-order valence-corrected chi connectivity index (χ3v) is 5.39. The number of hydrogen-bond acceptors (Lipinski definition) is 2. The van der Waals surface area contributed by atoms with Crippen molar-refractivity contribution in [2.75, 3.05) is 11.4 Å². The van der Waals surface area contributed by atoms with E-state index in [2.05, 4.69) is 40.3 Å².